The van der Waals surface area contributed by atoms with E-state index < -0.39 is 0 Å². The summed E-state index contributed by atoms with van der Waals surface area (Å²) in [7, 11) is 1.41. The lowest BCUT2D eigenvalue weighted by Gasteiger charge is -2.16. The zero-order valence-electron chi connectivity index (χ0n) is 9.14. The van der Waals surface area contributed by atoms with E-state index in [0.717, 1.165) is 12.1 Å². The molecule has 2 atom stereocenters. The number of benzene rings is 1. The maximum atomic E-state index is 11.6. The van der Waals surface area contributed by atoms with Crippen molar-refractivity contribution in [2.75, 3.05) is 20.2 Å². The molecule has 1 fully saturated rings. The first-order valence-corrected chi connectivity index (χ1v) is 5.30. The van der Waals surface area contributed by atoms with Gasteiger partial charge in [-0.2, -0.15) is 0 Å². The number of phenols is 1. The third-order valence-corrected chi connectivity index (χ3v) is 3.04. The van der Waals surface area contributed by atoms with Gasteiger partial charge in [0.05, 0.1) is 13.0 Å². The Kier molecular flexibility index (Phi) is 3.10. The van der Waals surface area contributed by atoms with Gasteiger partial charge in [0.25, 0.3) is 0 Å². The van der Waals surface area contributed by atoms with E-state index in [0.29, 0.717) is 6.54 Å². The molecule has 0 aliphatic carbocycles. The fraction of sp³-hybridized carbons (Fsp3) is 0.417. The van der Waals surface area contributed by atoms with Crippen molar-refractivity contribution >= 4 is 5.97 Å². The van der Waals surface area contributed by atoms with Gasteiger partial charge in [0.1, 0.15) is 5.75 Å². The molecule has 1 heterocycles. The van der Waals surface area contributed by atoms with Crippen LogP contribution in [-0.2, 0) is 9.53 Å². The molecule has 1 aliphatic rings. The van der Waals surface area contributed by atoms with Gasteiger partial charge < -0.3 is 15.2 Å². The van der Waals surface area contributed by atoms with Crippen LogP contribution >= 0.6 is 0 Å². The lowest BCUT2D eigenvalue weighted by atomic mass is 9.89. The molecule has 16 heavy (non-hydrogen) atoms. The van der Waals surface area contributed by atoms with Crippen LogP contribution in [0.15, 0.2) is 24.3 Å². The number of methoxy groups -OCH3 is 1. The Morgan fingerprint density at radius 3 is 2.69 bits per heavy atom. The second-order valence-corrected chi connectivity index (χ2v) is 3.99. The molecule has 2 N–H and O–H groups in total. The predicted molar refractivity (Wildman–Crippen MR) is 59.2 cm³/mol. The highest BCUT2D eigenvalue weighted by atomic mass is 16.5. The summed E-state index contributed by atoms with van der Waals surface area (Å²) in [5.74, 6) is 0.0648. The number of phenolic OH excluding ortho intramolecular Hbond substituents is 1. The van der Waals surface area contributed by atoms with Crippen LogP contribution in [0.1, 0.15) is 11.5 Å². The Labute approximate surface area is 94.2 Å². The Morgan fingerprint density at radius 2 is 2.06 bits per heavy atom. The first kappa shape index (κ1) is 11.0. The van der Waals surface area contributed by atoms with E-state index in [-0.39, 0.29) is 23.6 Å². The fourth-order valence-corrected chi connectivity index (χ4v) is 2.15. The molecule has 86 valence electrons. The normalized spacial score (nSPS) is 24.3. The molecule has 0 saturated carbocycles. The number of nitrogens with one attached hydrogen (secondary N) is 1. The van der Waals surface area contributed by atoms with Gasteiger partial charge in [-0.15, -0.1) is 0 Å². The van der Waals surface area contributed by atoms with Gasteiger partial charge in [0.2, 0.25) is 0 Å². The Hall–Kier alpha value is -1.55. The van der Waals surface area contributed by atoms with Crippen LogP contribution in [0.3, 0.4) is 0 Å². The maximum Gasteiger partial charge on any atom is 0.310 e. The van der Waals surface area contributed by atoms with Crippen LogP contribution < -0.4 is 5.32 Å². The van der Waals surface area contributed by atoms with E-state index in [2.05, 4.69) is 5.32 Å². The summed E-state index contributed by atoms with van der Waals surface area (Å²) >= 11 is 0. The monoisotopic (exact) mass is 221 g/mol. The molecular weight excluding hydrogens is 206 g/mol. The minimum Gasteiger partial charge on any atom is -0.508 e. The molecule has 4 nitrogen and oxygen atoms in total. The standard InChI is InChI=1S/C12H15NO3/c1-16-12(15)11-7-13-6-10(11)8-2-4-9(14)5-3-8/h2-5,10-11,13-14H,6-7H2,1H3. The molecule has 0 amide bonds. The number of carbonyl (C=O) groups is 1. The van der Waals surface area contributed by atoms with Crippen molar-refractivity contribution in [2.24, 2.45) is 5.92 Å². The zero-order valence-corrected chi connectivity index (χ0v) is 9.14. The first-order chi connectivity index (χ1) is 7.72. The molecule has 0 bridgehead atoms. The Balaban J connectivity index is 2.19. The molecule has 0 radical (unpaired) electrons. The van der Waals surface area contributed by atoms with Crippen LogP contribution in [0.25, 0.3) is 0 Å². The number of hydrogen-bond acceptors (Lipinski definition) is 4. The number of ether oxygens (including phenoxy) is 1. The number of carbonyl (C=O) groups excluding carboxylic acids is 1. The molecule has 1 aromatic carbocycles. The highest BCUT2D eigenvalue weighted by molar-refractivity contribution is 5.74. The van der Waals surface area contributed by atoms with E-state index in [1.165, 1.54) is 7.11 Å². The van der Waals surface area contributed by atoms with E-state index in [1.54, 1.807) is 12.1 Å². The SMILES string of the molecule is COC(=O)C1CNCC1c1ccc(O)cc1. The maximum absolute atomic E-state index is 11.6. The quantitative estimate of drug-likeness (QED) is 0.727. The van der Waals surface area contributed by atoms with Crippen LogP contribution in [-0.4, -0.2) is 31.3 Å². The molecule has 4 heteroatoms. The van der Waals surface area contributed by atoms with Crippen molar-refractivity contribution in [1.82, 2.24) is 5.32 Å². The van der Waals surface area contributed by atoms with Crippen molar-refractivity contribution in [1.29, 1.82) is 0 Å². The second kappa shape index (κ2) is 4.53. The van der Waals surface area contributed by atoms with Crippen LogP contribution in [0.2, 0.25) is 0 Å². The van der Waals surface area contributed by atoms with Gasteiger partial charge in [0.15, 0.2) is 0 Å². The summed E-state index contributed by atoms with van der Waals surface area (Å²) in [5, 5.41) is 12.4. The molecular formula is C12H15NO3. The fourth-order valence-electron chi connectivity index (χ4n) is 2.15. The molecule has 2 rings (SSSR count). The lowest BCUT2D eigenvalue weighted by Crippen LogP contribution is -2.22. The predicted octanol–water partition coefficient (Wildman–Crippen LogP) is 0.868. The first-order valence-electron chi connectivity index (χ1n) is 5.30. The lowest BCUT2D eigenvalue weighted by molar-refractivity contribution is -0.145. The number of esters is 1. The van der Waals surface area contributed by atoms with Gasteiger partial charge in [-0.05, 0) is 17.7 Å². The molecule has 0 aromatic heterocycles. The third kappa shape index (κ3) is 2.02. The number of rotatable bonds is 2. The van der Waals surface area contributed by atoms with Gasteiger partial charge >= 0.3 is 5.97 Å². The van der Waals surface area contributed by atoms with E-state index >= 15 is 0 Å². The minimum atomic E-state index is -0.178. The smallest absolute Gasteiger partial charge is 0.310 e. The summed E-state index contributed by atoms with van der Waals surface area (Å²) in [6, 6.07) is 6.98. The van der Waals surface area contributed by atoms with Crippen LogP contribution in [0, 0.1) is 5.92 Å². The Morgan fingerprint density at radius 1 is 1.38 bits per heavy atom. The largest absolute Gasteiger partial charge is 0.508 e. The average Bonchev–Trinajstić information content (AvgIpc) is 2.78. The van der Waals surface area contributed by atoms with Gasteiger partial charge in [-0.3, -0.25) is 4.79 Å². The van der Waals surface area contributed by atoms with Crippen LogP contribution in [0.5, 0.6) is 5.75 Å². The summed E-state index contributed by atoms with van der Waals surface area (Å²) < 4.78 is 4.78. The van der Waals surface area contributed by atoms with Gasteiger partial charge in [-0.25, -0.2) is 0 Å². The highest BCUT2D eigenvalue weighted by Gasteiger charge is 2.34. The molecule has 2 unspecified atom stereocenters. The topological polar surface area (TPSA) is 58.6 Å². The average molecular weight is 221 g/mol. The molecule has 0 spiro atoms. The summed E-state index contributed by atoms with van der Waals surface area (Å²) in [6.07, 6.45) is 0. The van der Waals surface area contributed by atoms with E-state index in [9.17, 15) is 9.90 Å². The highest BCUT2D eigenvalue weighted by Crippen LogP contribution is 2.29. The minimum absolute atomic E-state index is 0.130. The van der Waals surface area contributed by atoms with Crippen molar-refractivity contribution in [3.05, 3.63) is 29.8 Å². The Bertz CT molecular complexity index is 374. The van der Waals surface area contributed by atoms with E-state index in [1.807, 2.05) is 12.1 Å². The van der Waals surface area contributed by atoms with Crippen molar-refractivity contribution in [3.8, 4) is 5.75 Å². The zero-order chi connectivity index (χ0) is 11.5. The summed E-state index contributed by atoms with van der Waals surface area (Å²) in [5.41, 5.74) is 1.05. The molecule has 1 aromatic rings. The molecule has 1 saturated heterocycles. The second-order valence-electron chi connectivity index (χ2n) is 3.99. The van der Waals surface area contributed by atoms with Crippen molar-refractivity contribution in [2.45, 2.75) is 5.92 Å². The number of hydrogen-bond donors (Lipinski definition) is 2. The number of aromatic hydroxyl groups is 1. The summed E-state index contributed by atoms with van der Waals surface area (Å²) in [6.45, 7) is 1.42. The summed E-state index contributed by atoms with van der Waals surface area (Å²) in [4.78, 5) is 11.6. The third-order valence-electron chi connectivity index (χ3n) is 3.04. The van der Waals surface area contributed by atoms with Crippen molar-refractivity contribution in [3.63, 3.8) is 0 Å². The van der Waals surface area contributed by atoms with Crippen LogP contribution in [0.4, 0.5) is 0 Å². The van der Waals surface area contributed by atoms with E-state index in [4.69, 9.17) is 4.74 Å². The van der Waals surface area contributed by atoms with Gasteiger partial charge in [0, 0.05) is 19.0 Å². The van der Waals surface area contributed by atoms with Crippen molar-refractivity contribution < 1.29 is 14.6 Å². The molecule has 1 aliphatic heterocycles. The van der Waals surface area contributed by atoms with Gasteiger partial charge in [-0.1, -0.05) is 12.1 Å².